The number of benzene rings is 1. The van der Waals surface area contributed by atoms with Gasteiger partial charge in [0.05, 0.1) is 0 Å². The molecule has 14 heavy (non-hydrogen) atoms. The number of ketones is 1. The monoisotopic (exact) mass is 210 g/mol. The van der Waals surface area contributed by atoms with Crippen LogP contribution in [0.3, 0.4) is 0 Å². The van der Waals surface area contributed by atoms with Crippen LogP contribution in [0.2, 0.25) is 0 Å². The van der Waals surface area contributed by atoms with E-state index in [2.05, 4.69) is 0 Å². The van der Waals surface area contributed by atoms with Crippen molar-refractivity contribution in [3.63, 3.8) is 0 Å². The average Bonchev–Trinajstić information content (AvgIpc) is 2.18. The van der Waals surface area contributed by atoms with E-state index in [1.165, 1.54) is 12.1 Å². The van der Waals surface area contributed by atoms with Gasteiger partial charge in [-0.1, -0.05) is 6.92 Å². The van der Waals surface area contributed by atoms with Gasteiger partial charge in [-0.15, -0.1) is 11.8 Å². The third-order valence-electron chi connectivity index (χ3n) is 1.62. The lowest BCUT2D eigenvalue weighted by atomic mass is 10.1. The Kier molecular flexibility index (Phi) is 3.71. The second-order valence-corrected chi connectivity index (χ2v) is 3.93. The van der Waals surface area contributed by atoms with Crippen molar-refractivity contribution in [1.82, 2.24) is 0 Å². The van der Waals surface area contributed by atoms with Crippen LogP contribution in [0.5, 0.6) is 0 Å². The zero-order valence-corrected chi connectivity index (χ0v) is 8.50. The summed E-state index contributed by atoms with van der Waals surface area (Å²) in [5, 5.41) is 8.45. The molecule has 0 heterocycles. The number of thioether (sulfide) groups is 1. The minimum atomic E-state index is -1.42. The molecule has 74 valence electrons. The summed E-state index contributed by atoms with van der Waals surface area (Å²) in [5.41, 5.74) is 0.220. The van der Waals surface area contributed by atoms with E-state index in [1.54, 1.807) is 23.9 Å². The summed E-state index contributed by atoms with van der Waals surface area (Å²) in [5.74, 6) is -1.33. The standard InChI is InChI=1S/C10H10O3S/c1-2-14-8-5-3-7(4-6-8)9(11)10(12)13/h3-6H,2H2,1H3,(H,12,13). The Bertz CT molecular complexity index is 343. The lowest BCUT2D eigenvalue weighted by Crippen LogP contribution is -2.12. The van der Waals surface area contributed by atoms with Crippen molar-refractivity contribution < 1.29 is 14.7 Å². The van der Waals surface area contributed by atoms with Crippen LogP contribution in [-0.2, 0) is 4.79 Å². The molecular formula is C10H10O3S. The Morgan fingerprint density at radius 2 is 1.86 bits per heavy atom. The van der Waals surface area contributed by atoms with E-state index in [0.29, 0.717) is 0 Å². The van der Waals surface area contributed by atoms with Gasteiger partial charge in [-0.3, -0.25) is 4.79 Å². The highest BCUT2D eigenvalue weighted by atomic mass is 32.2. The topological polar surface area (TPSA) is 54.4 Å². The maximum Gasteiger partial charge on any atom is 0.377 e. The van der Waals surface area contributed by atoms with E-state index in [4.69, 9.17) is 5.11 Å². The molecule has 0 spiro atoms. The van der Waals surface area contributed by atoms with Gasteiger partial charge in [0, 0.05) is 10.5 Å². The third-order valence-corrected chi connectivity index (χ3v) is 2.52. The van der Waals surface area contributed by atoms with E-state index >= 15 is 0 Å². The summed E-state index contributed by atoms with van der Waals surface area (Å²) in [7, 11) is 0. The minimum Gasteiger partial charge on any atom is -0.475 e. The van der Waals surface area contributed by atoms with Crippen LogP contribution >= 0.6 is 11.8 Å². The SMILES string of the molecule is CCSc1ccc(C(=O)C(=O)O)cc1. The molecule has 0 saturated heterocycles. The van der Waals surface area contributed by atoms with Gasteiger partial charge < -0.3 is 5.11 Å². The first-order valence-corrected chi connectivity index (χ1v) is 5.14. The number of aliphatic carboxylic acids is 1. The molecular weight excluding hydrogens is 200 g/mol. The number of Topliss-reactive ketones (excluding diaryl/α,β-unsaturated/α-hetero) is 1. The van der Waals surface area contributed by atoms with Crippen molar-refractivity contribution in [3.05, 3.63) is 29.8 Å². The van der Waals surface area contributed by atoms with E-state index in [1.807, 2.05) is 6.92 Å². The molecule has 4 heteroatoms. The highest BCUT2D eigenvalue weighted by Crippen LogP contribution is 2.17. The molecule has 0 amide bonds. The average molecular weight is 210 g/mol. The molecule has 1 rings (SSSR count). The second-order valence-electron chi connectivity index (χ2n) is 2.59. The largest absolute Gasteiger partial charge is 0.475 e. The summed E-state index contributed by atoms with van der Waals surface area (Å²) in [4.78, 5) is 22.4. The van der Waals surface area contributed by atoms with Crippen LogP contribution in [0.15, 0.2) is 29.2 Å². The molecule has 0 radical (unpaired) electrons. The van der Waals surface area contributed by atoms with Crippen molar-refractivity contribution in [2.45, 2.75) is 11.8 Å². The molecule has 0 atom stereocenters. The molecule has 0 aliphatic carbocycles. The third kappa shape index (κ3) is 2.60. The maximum absolute atomic E-state index is 11.0. The first-order valence-electron chi connectivity index (χ1n) is 4.15. The second kappa shape index (κ2) is 4.81. The van der Waals surface area contributed by atoms with Crippen LogP contribution in [0.1, 0.15) is 17.3 Å². The Hall–Kier alpha value is -1.29. The molecule has 0 unspecified atom stereocenters. The van der Waals surface area contributed by atoms with Gasteiger partial charge in [-0.2, -0.15) is 0 Å². The first kappa shape index (κ1) is 10.8. The quantitative estimate of drug-likeness (QED) is 0.469. The lowest BCUT2D eigenvalue weighted by Gasteiger charge is -1.99. The molecule has 0 aliphatic rings. The number of carbonyl (C=O) groups is 2. The highest BCUT2D eigenvalue weighted by Gasteiger charge is 2.13. The molecule has 0 aliphatic heterocycles. The number of carboxylic acids is 1. The Morgan fingerprint density at radius 1 is 1.29 bits per heavy atom. The van der Waals surface area contributed by atoms with E-state index in [-0.39, 0.29) is 5.56 Å². The van der Waals surface area contributed by atoms with Crippen molar-refractivity contribution in [2.75, 3.05) is 5.75 Å². The van der Waals surface area contributed by atoms with Crippen LogP contribution in [0, 0.1) is 0 Å². The first-order chi connectivity index (χ1) is 6.65. The van der Waals surface area contributed by atoms with Crippen molar-refractivity contribution in [3.8, 4) is 0 Å². The maximum atomic E-state index is 11.0. The summed E-state index contributed by atoms with van der Waals surface area (Å²) in [6.45, 7) is 2.03. The molecule has 1 aromatic rings. The Morgan fingerprint density at radius 3 is 2.29 bits per heavy atom. The fourth-order valence-corrected chi connectivity index (χ4v) is 1.65. The predicted octanol–water partition coefficient (Wildman–Crippen LogP) is 2.07. The number of rotatable bonds is 4. The van der Waals surface area contributed by atoms with E-state index in [0.717, 1.165) is 10.6 Å². The van der Waals surface area contributed by atoms with Gasteiger partial charge in [0.2, 0.25) is 0 Å². The molecule has 0 bridgehead atoms. The number of carbonyl (C=O) groups excluding carboxylic acids is 1. The van der Waals surface area contributed by atoms with Crippen LogP contribution in [0.4, 0.5) is 0 Å². The van der Waals surface area contributed by atoms with E-state index in [9.17, 15) is 9.59 Å². The zero-order chi connectivity index (χ0) is 10.6. The van der Waals surface area contributed by atoms with Crippen LogP contribution in [-0.4, -0.2) is 22.6 Å². The fraction of sp³-hybridized carbons (Fsp3) is 0.200. The van der Waals surface area contributed by atoms with Gasteiger partial charge in [0.1, 0.15) is 0 Å². The lowest BCUT2D eigenvalue weighted by molar-refractivity contribution is -0.131. The zero-order valence-electron chi connectivity index (χ0n) is 7.69. The minimum absolute atomic E-state index is 0.220. The van der Waals surface area contributed by atoms with Crippen LogP contribution in [0.25, 0.3) is 0 Å². The molecule has 3 nitrogen and oxygen atoms in total. The summed E-state index contributed by atoms with van der Waals surface area (Å²) in [6, 6.07) is 6.58. The molecule has 1 aromatic carbocycles. The summed E-state index contributed by atoms with van der Waals surface area (Å²) in [6.07, 6.45) is 0. The van der Waals surface area contributed by atoms with Crippen LogP contribution < -0.4 is 0 Å². The molecule has 0 aromatic heterocycles. The normalized spacial score (nSPS) is 9.79. The fourth-order valence-electron chi connectivity index (χ4n) is 0.993. The summed E-state index contributed by atoms with van der Waals surface area (Å²) < 4.78 is 0. The van der Waals surface area contributed by atoms with Gasteiger partial charge in [0.25, 0.3) is 5.78 Å². The van der Waals surface area contributed by atoms with Crippen molar-refractivity contribution >= 4 is 23.5 Å². The highest BCUT2D eigenvalue weighted by molar-refractivity contribution is 7.99. The van der Waals surface area contributed by atoms with Crippen molar-refractivity contribution in [2.24, 2.45) is 0 Å². The molecule has 0 fully saturated rings. The molecule has 1 N–H and O–H groups in total. The predicted molar refractivity (Wildman–Crippen MR) is 54.8 cm³/mol. The number of carboxylic acid groups (broad SMARTS) is 1. The summed E-state index contributed by atoms with van der Waals surface area (Å²) >= 11 is 1.65. The van der Waals surface area contributed by atoms with Gasteiger partial charge >= 0.3 is 5.97 Å². The van der Waals surface area contributed by atoms with Crippen molar-refractivity contribution in [1.29, 1.82) is 0 Å². The number of hydrogen-bond acceptors (Lipinski definition) is 3. The number of hydrogen-bond donors (Lipinski definition) is 1. The Labute approximate surface area is 86.1 Å². The Balaban J connectivity index is 2.83. The van der Waals surface area contributed by atoms with E-state index < -0.39 is 11.8 Å². The van der Waals surface area contributed by atoms with Gasteiger partial charge in [-0.05, 0) is 30.0 Å². The molecule has 0 saturated carbocycles. The van der Waals surface area contributed by atoms with Gasteiger partial charge in [0.15, 0.2) is 0 Å². The van der Waals surface area contributed by atoms with Gasteiger partial charge in [-0.25, -0.2) is 4.79 Å². The smallest absolute Gasteiger partial charge is 0.377 e.